The Morgan fingerprint density at radius 1 is 1.18 bits per heavy atom. The number of hydrogen-bond acceptors (Lipinski definition) is 1. The van der Waals surface area contributed by atoms with Crippen molar-refractivity contribution in [3.63, 3.8) is 0 Å². The van der Waals surface area contributed by atoms with E-state index in [0.29, 0.717) is 11.8 Å². The minimum Gasteiger partial charge on any atom is -0.341 e. The minimum absolute atomic E-state index is 0.0111. The lowest BCUT2D eigenvalue weighted by molar-refractivity contribution is -0.135. The monoisotopic (exact) mass is 237 g/mol. The predicted octanol–water partition coefficient (Wildman–Crippen LogP) is 3.32. The fourth-order valence-electron chi connectivity index (χ4n) is 3.52. The van der Waals surface area contributed by atoms with Crippen LogP contribution in [0.1, 0.15) is 54.4 Å². The number of carbonyl (C=O) groups excluding carboxylic acids is 1. The standard InChI is InChI=1S/C15H27NO/c1-13(2,3)11-9-16(10-14(11,4)5)12(17)15(6)7-8-15/h11H,7-10H2,1-6H3. The summed E-state index contributed by atoms with van der Waals surface area (Å²) in [4.78, 5) is 14.5. The summed E-state index contributed by atoms with van der Waals surface area (Å²) in [7, 11) is 0. The van der Waals surface area contributed by atoms with Gasteiger partial charge in [-0.1, -0.05) is 41.5 Å². The second kappa shape index (κ2) is 3.49. The SMILES string of the molecule is CC1(C(=O)N2CC(C(C)(C)C)C(C)(C)C2)CC1. The van der Waals surface area contributed by atoms with E-state index >= 15 is 0 Å². The third-order valence-electron chi connectivity index (χ3n) is 4.79. The summed E-state index contributed by atoms with van der Waals surface area (Å²) in [6.45, 7) is 15.5. The molecule has 1 heterocycles. The molecule has 2 rings (SSSR count). The maximum atomic E-state index is 12.4. The smallest absolute Gasteiger partial charge is 0.228 e. The van der Waals surface area contributed by atoms with E-state index in [9.17, 15) is 4.79 Å². The molecular formula is C15H27NO. The number of likely N-dealkylation sites (tertiary alicyclic amines) is 1. The Hall–Kier alpha value is -0.530. The van der Waals surface area contributed by atoms with E-state index in [-0.39, 0.29) is 16.2 Å². The lowest BCUT2D eigenvalue weighted by Crippen LogP contribution is -2.35. The predicted molar refractivity (Wildman–Crippen MR) is 70.6 cm³/mol. The summed E-state index contributed by atoms with van der Waals surface area (Å²) in [5.74, 6) is 0.999. The van der Waals surface area contributed by atoms with Gasteiger partial charge in [0, 0.05) is 18.5 Å². The molecule has 0 N–H and O–H groups in total. The highest BCUT2D eigenvalue weighted by Crippen LogP contribution is 2.51. The third-order valence-corrected chi connectivity index (χ3v) is 4.79. The zero-order chi connectivity index (χ0) is 13.1. The highest BCUT2D eigenvalue weighted by atomic mass is 16.2. The number of hydrogen-bond donors (Lipinski definition) is 0. The minimum atomic E-state index is -0.0111. The molecule has 1 aliphatic heterocycles. The van der Waals surface area contributed by atoms with Crippen molar-refractivity contribution < 1.29 is 4.79 Å². The van der Waals surface area contributed by atoms with Crippen molar-refractivity contribution in [2.24, 2.45) is 22.2 Å². The van der Waals surface area contributed by atoms with E-state index in [0.717, 1.165) is 25.9 Å². The summed E-state index contributed by atoms with van der Waals surface area (Å²) in [6, 6.07) is 0. The van der Waals surface area contributed by atoms with Gasteiger partial charge in [-0.05, 0) is 29.6 Å². The second-order valence-electron chi connectivity index (χ2n) is 8.15. The molecule has 0 radical (unpaired) electrons. The molecule has 0 aromatic rings. The lowest BCUT2D eigenvalue weighted by atomic mass is 9.68. The van der Waals surface area contributed by atoms with Gasteiger partial charge in [0.2, 0.25) is 5.91 Å². The Balaban J connectivity index is 2.13. The molecule has 98 valence electrons. The van der Waals surface area contributed by atoms with Gasteiger partial charge in [0.25, 0.3) is 0 Å². The molecule has 0 spiro atoms. The Morgan fingerprint density at radius 2 is 1.71 bits per heavy atom. The van der Waals surface area contributed by atoms with Crippen molar-refractivity contribution in [1.82, 2.24) is 4.90 Å². The first-order chi connectivity index (χ1) is 7.56. The van der Waals surface area contributed by atoms with Gasteiger partial charge in [0.1, 0.15) is 0 Å². The van der Waals surface area contributed by atoms with Gasteiger partial charge < -0.3 is 4.90 Å². The largest absolute Gasteiger partial charge is 0.341 e. The van der Waals surface area contributed by atoms with Gasteiger partial charge >= 0.3 is 0 Å². The summed E-state index contributed by atoms with van der Waals surface area (Å²) in [6.07, 6.45) is 2.17. The number of amides is 1. The Labute approximate surface area is 106 Å². The molecule has 17 heavy (non-hydrogen) atoms. The van der Waals surface area contributed by atoms with Gasteiger partial charge in [-0.15, -0.1) is 0 Å². The van der Waals surface area contributed by atoms with Crippen LogP contribution < -0.4 is 0 Å². The highest BCUT2D eigenvalue weighted by molar-refractivity contribution is 5.85. The molecule has 0 aromatic heterocycles. The van der Waals surface area contributed by atoms with Gasteiger partial charge in [0.15, 0.2) is 0 Å². The van der Waals surface area contributed by atoms with Crippen molar-refractivity contribution in [2.45, 2.75) is 54.4 Å². The summed E-state index contributed by atoms with van der Waals surface area (Å²) in [5, 5.41) is 0. The average molecular weight is 237 g/mol. The van der Waals surface area contributed by atoms with E-state index in [2.05, 4.69) is 46.4 Å². The molecule has 1 saturated carbocycles. The van der Waals surface area contributed by atoms with Crippen molar-refractivity contribution in [1.29, 1.82) is 0 Å². The molecule has 1 atom stereocenters. The summed E-state index contributed by atoms with van der Waals surface area (Å²) < 4.78 is 0. The van der Waals surface area contributed by atoms with Gasteiger partial charge in [0.05, 0.1) is 0 Å². The summed E-state index contributed by atoms with van der Waals surface area (Å²) >= 11 is 0. The highest BCUT2D eigenvalue weighted by Gasteiger charge is 2.52. The lowest BCUT2D eigenvalue weighted by Gasteiger charge is -2.36. The van der Waals surface area contributed by atoms with E-state index in [1.54, 1.807) is 0 Å². The van der Waals surface area contributed by atoms with Crippen LogP contribution in [-0.2, 0) is 4.79 Å². The molecule has 1 amide bonds. The van der Waals surface area contributed by atoms with Crippen LogP contribution >= 0.6 is 0 Å². The van der Waals surface area contributed by atoms with Crippen molar-refractivity contribution in [3.8, 4) is 0 Å². The van der Waals surface area contributed by atoms with Crippen LogP contribution in [0.5, 0.6) is 0 Å². The van der Waals surface area contributed by atoms with Crippen molar-refractivity contribution in [2.75, 3.05) is 13.1 Å². The number of nitrogens with zero attached hydrogens (tertiary/aromatic N) is 1. The number of rotatable bonds is 1. The fourth-order valence-corrected chi connectivity index (χ4v) is 3.52. The van der Waals surface area contributed by atoms with Crippen LogP contribution in [0.4, 0.5) is 0 Å². The second-order valence-corrected chi connectivity index (χ2v) is 8.15. The first-order valence-electron chi connectivity index (χ1n) is 6.86. The fraction of sp³-hybridized carbons (Fsp3) is 0.933. The third kappa shape index (κ3) is 2.23. The molecule has 0 aromatic carbocycles. The first-order valence-corrected chi connectivity index (χ1v) is 6.86. The molecular weight excluding hydrogens is 210 g/mol. The molecule has 2 heteroatoms. The van der Waals surface area contributed by atoms with Crippen LogP contribution in [0, 0.1) is 22.2 Å². The zero-order valence-electron chi connectivity index (χ0n) is 12.3. The topological polar surface area (TPSA) is 20.3 Å². The van der Waals surface area contributed by atoms with Gasteiger partial charge in [-0.25, -0.2) is 0 Å². The van der Waals surface area contributed by atoms with E-state index in [1.807, 2.05) is 0 Å². The Morgan fingerprint density at radius 3 is 2.06 bits per heavy atom. The number of carbonyl (C=O) groups is 1. The molecule has 2 aliphatic rings. The normalized spacial score (nSPS) is 30.5. The summed E-state index contributed by atoms with van der Waals surface area (Å²) in [5.41, 5.74) is 0.519. The van der Waals surface area contributed by atoms with Crippen LogP contribution in [0.2, 0.25) is 0 Å². The molecule has 1 saturated heterocycles. The van der Waals surface area contributed by atoms with Crippen molar-refractivity contribution in [3.05, 3.63) is 0 Å². The first kappa shape index (κ1) is 12.9. The van der Waals surface area contributed by atoms with E-state index in [1.165, 1.54) is 0 Å². The zero-order valence-corrected chi connectivity index (χ0v) is 12.3. The van der Waals surface area contributed by atoms with Crippen molar-refractivity contribution >= 4 is 5.91 Å². The Kier molecular flexibility index (Phi) is 2.65. The van der Waals surface area contributed by atoms with Crippen LogP contribution in [-0.4, -0.2) is 23.9 Å². The molecule has 1 aliphatic carbocycles. The van der Waals surface area contributed by atoms with E-state index < -0.39 is 0 Å². The average Bonchev–Trinajstić information content (AvgIpc) is 2.79. The van der Waals surface area contributed by atoms with Crippen LogP contribution in [0.15, 0.2) is 0 Å². The van der Waals surface area contributed by atoms with Gasteiger partial charge in [-0.2, -0.15) is 0 Å². The molecule has 1 unspecified atom stereocenters. The Bertz CT molecular complexity index is 333. The van der Waals surface area contributed by atoms with Crippen LogP contribution in [0.25, 0.3) is 0 Å². The molecule has 0 bridgehead atoms. The van der Waals surface area contributed by atoms with Crippen LogP contribution in [0.3, 0.4) is 0 Å². The van der Waals surface area contributed by atoms with E-state index in [4.69, 9.17) is 0 Å². The quantitative estimate of drug-likeness (QED) is 0.685. The maximum Gasteiger partial charge on any atom is 0.228 e. The molecule has 2 fully saturated rings. The molecule has 2 nitrogen and oxygen atoms in total. The maximum absolute atomic E-state index is 12.4. The van der Waals surface area contributed by atoms with Gasteiger partial charge in [-0.3, -0.25) is 4.79 Å².